The van der Waals surface area contributed by atoms with Crippen LogP contribution in [0.2, 0.25) is 0 Å². The van der Waals surface area contributed by atoms with Crippen molar-refractivity contribution in [3.05, 3.63) is 29.3 Å². The molecule has 0 aliphatic carbocycles. The van der Waals surface area contributed by atoms with E-state index in [0.29, 0.717) is 11.6 Å². The van der Waals surface area contributed by atoms with E-state index in [1.807, 2.05) is 0 Å². The molecule has 2 unspecified atom stereocenters. The van der Waals surface area contributed by atoms with Crippen molar-refractivity contribution in [1.82, 2.24) is 10.6 Å². The average molecular weight is 248 g/mol. The molecule has 0 spiro atoms. The lowest BCUT2D eigenvalue weighted by atomic mass is 10.00. The smallest absolute Gasteiger partial charge is 0.255 e. The zero-order valence-corrected chi connectivity index (χ0v) is 10.9. The van der Waals surface area contributed by atoms with E-state index >= 15 is 0 Å². The van der Waals surface area contributed by atoms with Gasteiger partial charge >= 0.3 is 0 Å². The molecule has 98 valence electrons. The highest BCUT2D eigenvalue weighted by atomic mass is 16.3. The number of piperidine rings is 1. The highest BCUT2D eigenvalue weighted by Crippen LogP contribution is 2.21. The van der Waals surface area contributed by atoms with Crippen LogP contribution >= 0.6 is 0 Å². The molecule has 0 saturated carbocycles. The summed E-state index contributed by atoms with van der Waals surface area (Å²) < 4.78 is 0. The van der Waals surface area contributed by atoms with Gasteiger partial charge in [-0.2, -0.15) is 0 Å². The normalized spacial score (nSPS) is 23.7. The van der Waals surface area contributed by atoms with Crippen molar-refractivity contribution < 1.29 is 9.90 Å². The Kier molecular flexibility index (Phi) is 3.87. The average Bonchev–Trinajstić information content (AvgIpc) is 2.32. The Balaban J connectivity index is 2.05. The fourth-order valence-electron chi connectivity index (χ4n) is 2.37. The van der Waals surface area contributed by atoms with Gasteiger partial charge in [0.15, 0.2) is 0 Å². The molecule has 1 amide bonds. The summed E-state index contributed by atoms with van der Waals surface area (Å²) in [6, 6.07) is 5.85. The van der Waals surface area contributed by atoms with Gasteiger partial charge in [-0.15, -0.1) is 0 Å². The number of benzene rings is 1. The number of phenolic OH excluding ortho intramolecular Hbond substituents is 1. The van der Waals surface area contributed by atoms with Gasteiger partial charge in [-0.1, -0.05) is 12.1 Å². The summed E-state index contributed by atoms with van der Waals surface area (Å²) in [5.74, 6) is -0.104. The Hall–Kier alpha value is -1.55. The quantitative estimate of drug-likeness (QED) is 0.744. The predicted molar refractivity (Wildman–Crippen MR) is 70.8 cm³/mol. The van der Waals surface area contributed by atoms with Gasteiger partial charge in [0.1, 0.15) is 5.75 Å². The van der Waals surface area contributed by atoms with Gasteiger partial charge < -0.3 is 15.7 Å². The minimum atomic E-state index is -0.185. The Bertz CT molecular complexity index is 445. The van der Waals surface area contributed by atoms with Crippen LogP contribution in [0, 0.1) is 6.92 Å². The molecule has 2 atom stereocenters. The molecule has 1 aliphatic rings. The molecule has 0 aromatic heterocycles. The van der Waals surface area contributed by atoms with Gasteiger partial charge in [-0.3, -0.25) is 4.79 Å². The van der Waals surface area contributed by atoms with Gasteiger partial charge in [0, 0.05) is 12.1 Å². The summed E-state index contributed by atoms with van der Waals surface area (Å²) in [5.41, 5.74) is 1.09. The van der Waals surface area contributed by atoms with Gasteiger partial charge in [0.25, 0.3) is 5.91 Å². The van der Waals surface area contributed by atoms with E-state index in [2.05, 4.69) is 17.6 Å². The van der Waals surface area contributed by atoms with Crippen LogP contribution in [0.4, 0.5) is 0 Å². The summed E-state index contributed by atoms with van der Waals surface area (Å²) in [7, 11) is 0. The second-order valence-corrected chi connectivity index (χ2v) is 5.02. The maximum Gasteiger partial charge on any atom is 0.255 e. The number of hydrogen-bond acceptors (Lipinski definition) is 3. The number of para-hydroxylation sites is 1. The number of hydrogen-bond donors (Lipinski definition) is 3. The summed E-state index contributed by atoms with van der Waals surface area (Å²) in [6.45, 7) is 4.83. The van der Waals surface area contributed by atoms with Crippen molar-refractivity contribution >= 4 is 5.91 Å². The van der Waals surface area contributed by atoms with Crippen molar-refractivity contribution in [1.29, 1.82) is 0 Å². The SMILES string of the molecule is Cc1cccc(C(=O)NC2CCNC(C)C2)c1O. The molecule has 3 N–H and O–H groups in total. The van der Waals surface area contributed by atoms with Crippen LogP contribution in [0.5, 0.6) is 5.75 Å². The topological polar surface area (TPSA) is 61.4 Å². The third-order valence-corrected chi connectivity index (χ3v) is 3.44. The number of aryl methyl sites for hydroxylation is 1. The number of amides is 1. The van der Waals surface area contributed by atoms with Crippen LogP contribution in [0.1, 0.15) is 35.7 Å². The number of phenols is 1. The molecule has 4 nitrogen and oxygen atoms in total. The lowest BCUT2D eigenvalue weighted by Crippen LogP contribution is -2.46. The fourth-order valence-corrected chi connectivity index (χ4v) is 2.37. The molecule has 1 saturated heterocycles. The van der Waals surface area contributed by atoms with Crippen LogP contribution in [0.15, 0.2) is 18.2 Å². The molecular formula is C14H20N2O2. The third-order valence-electron chi connectivity index (χ3n) is 3.44. The van der Waals surface area contributed by atoms with Gasteiger partial charge in [0.2, 0.25) is 0 Å². The number of nitrogens with one attached hydrogen (secondary N) is 2. The first kappa shape index (κ1) is 12.9. The molecule has 1 fully saturated rings. The molecular weight excluding hydrogens is 228 g/mol. The van der Waals surface area contributed by atoms with E-state index in [0.717, 1.165) is 24.9 Å². The van der Waals surface area contributed by atoms with Crippen LogP contribution < -0.4 is 10.6 Å². The van der Waals surface area contributed by atoms with E-state index in [1.54, 1.807) is 25.1 Å². The molecule has 1 heterocycles. The molecule has 2 rings (SSSR count). The number of aromatic hydroxyl groups is 1. The van der Waals surface area contributed by atoms with Crippen molar-refractivity contribution in [3.63, 3.8) is 0 Å². The van der Waals surface area contributed by atoms with Gasteiger partial charge in [0.05, 0.1) is 5.56 Å². The van der Waals surface area contributed by atoms with Gasteiger partial charge in [-0.05, 0) is 44.9 Å². The highest BCUT2D eigenvalue weighted by molar-refractivity contribution is 5.97. The van der Waals surface area contributed by atoms with E-state index in [4.69, 9.17) is 0 Å². The molecule has 1 aromatic rings. The summed E-state index contributed by atoms with van der Waals surface area (Å²) in [4.78, 5) is 12.1. The van der Waals surface area contributed by atoms with Crippen molar-refractivity contribution in [3.8, 4) is 5.75 Å². The second kappa shape index (κ2) is 5.40. The van der Waals surface area contributed by atoms with Crippen molar-refractivity contribution in [2.24, 2.45) is 0 Å². The summed E-state index contributed by atoms with van der Waals surface area (Å²) in [5, 5.41) is 16.2. The van der Waals surface area contributed by atoms with E-state index < -0.39 is 0 Å². The second-order valence-electron chi connectivity index (χ2n) is 5.02. The third kappa shape index (κ3) is 2.82. The van der Waals surface area contributed by atoms with Crippen molar-refractivity contribution in [2.75, 3.05) is 6.54 Å². The standard InChI is InChI=1S/C14H20N2O2/c1-9-4-3-5-12(13(9)17)14(18)16-11-6-7-15-10(2)8-11/h3-5,10-11,15,17H,6-8H2,1-2H3,(H,16,18). The van der Waals surface area contributed by atoms with Gasteiger partial charge in [-0.25, -0.2) is 0 Å². The molecule has 0 radical (unpaired) electrons. The van der Waals surface area contributed by atoms with Crippen LogP contribution in [-0.2, 0) is 0 Å². The summed E-state index contributed by atoms with van der Waals surface area (Å²) >= 11 is 0. The minimum absolute atomic E-state index is 0.0805. The zero-order valence-electron chi connectivity index (χ0n) is 10.9. The number of carbonyl (C=O) groups excluding carboxylic acids is 1. The zero-order chi connectivity index (χ0) is 13.1. The first-order valence-corrected chi connectivity index (χ1v) is 6.40. The monoisotopic (exact) mass is 248 g/mol. The van der Waals surface area contributed by atoms with E-state index in [1.165, 1.54) is 0 Å². The predicted octanol–water partition coefficient (Wildman–Crippen LogP) is 1.57. The Morgan fingerprint density at radius 3 is 3.00 bits per heavy atom. The Morgan fingerprint density at radius 2 is 2.28 bits per heavy atom. The maximum absolute atomic E-state index is 12.1. The Morgan fingerprint density at radius 1 is 1.50 bits per heavy atom. The molecule has 4 heteroatoms. The first-order chi connectivity index (χ1) is 8.58. The fraction of sp³-hybridized carbons (Fsp3) is 0.500. The lowest BCUT2D eigenvalue weighted by molar-refractivity contribution is 0.0923. The largest absolute Gasteiger partial charge is 0.507 e. The summed E-state index contributed by atoms with van der Waals surface area (Å²) in [6.07, 6.45) is 1.86. The lowest BCUT2D eigenvalue weighted by Gasteiger charge is -2.28. The van der Waals surface area contributed by atoms with Crippen LogP contribution in [0.25, 0.3) is 0 Å². The highest BCUT2D eigenvalue weighted by Gasteiger charge is 2.21. The van der Waals surface area contributed by atoms with E-state index in [-0.39, 0.29) is 17.7 Å². The van der Waals surface area contributed by atoms with Crippen LogP contribution in [-0.4, -0.2) is 29.6 Å². The Labute approximate surface area is 107 Å². The maximum atomic E-state index is 12.1. The van der Waals surface area contributed by atoms with E-state index in [9.17, 15) is 9.90 Å². The molecule has 1 aliphatic heterocycles. The molecule has 18 heavy (non-hydrogen) atoms. The van der Waals surface area contributed by atoms with Crippen molar-refractivity contribution in [2.45, 2.75) is 38.8 Å². The van der Waals surface area contributed by atoms with Crippen LogP contribution in [0.3, 0.4) is 0 Å². The molecule has 1 aromatic carbocycles. The number of rotatable bonds is 2. The minimum Gasteiger partial charge on any atom is -0.507 e. The number of carbonyl (C=O) groups is 1. The molecule has 0 bridgehead atoms. The first-order valence-electron chi connectivity index (χ1n) is 6.40.